The van der Waals surface area contributed by atoms with Gasteiger partial charge in [0.05, 0.1) is 6.10 Å². The van der Waals surface area contributed by atoms with Crippen molar-refractivity contribution in [1.82, 2.24) is 15.0 Å². The minimum Gasteiger partial charge on any atom is -0.461 e. The lowest BCUT2D eigenvalue weighted by Gasteiger charge is -2.11. The van der Waals surface area contributed by atoms with Crippen molar-refractivity contribution >= 4 is 23.7 Å². The van der Waals surface area contributed by atoms with Gasteiger partial charge in [-0.2, -0.15) is 26.7 Å². The standard InChI is InChI=1S/C13H26N6OS/c1-10(2)20-13-17-11(16-12(18-13)19-14)15-8-6-4-5-7-9-21-3/h10H,4-9,14H2,1-3H3,(H2,15,16,17,18,19). The molecule has 1 aromatic rings. The topological polar surface area (TPSA) is 98.0 Å². The van der Waals surface area contributed by atoms with Gasteiger partial charge < -0.3 is 10.1 Å². The fraction of sp³-hybridized carbons (Fsp3) is 0.769. The van der Waals surface area contributed by atoms with E-state index in [2.05, 4.69) is 32.0 Å². The maximum atomic E-state index is 5.47. The number of rotatable bonds is 11. The highest BCUT2D eigenvalue weighted by atomic mass is 32.2. The van der Waals surface area contributed by atoms with Crippen molar-refractivity contribution in [1.29, 1.82) is 0 Å². The maximum absolute atomic E-state index is 5.47. The predicted molar refractivity (Wildman–Crippen MR) is 88.7 cm³/mol. The smallest absolute Gasteiger partial charge is 0.323 e. The Hall–Kier alpha value is -1.28. The zero-order valence-corrected chi connectivity index (χ0v) is 13.9. The molecule has 0 aromatic carbocycles. The number of thioether (sulfide) groups is 1. The van der Waals surface area contributed by atoms with E-state index < -0.39 is 0 Å². The van der Waals surface area contributed by atoms with E-state index in [-0.39, 0.29) is 12.1 Å². The molecule has 0 aliphatic carbocycles. The highest BCUT2D eigenvalue weighted by Gasteiger charge is 2.07. The molecule has 0 aliphatic heterocycles. The van der Waals surface area contributed by atoms with Crippen molar-refractivity contribution in [2.75, 3.05) is 29.3 Å². The Balaban J connectivity index is 2.39. The number of nitrogens with two attached hydrogens (primary N) is 1. The summed E-state index contributed by atoms with van der Waals surface area (Å²) in [6.07, 6.45) is 6.98. The molecule has 0 fully saturated rings. The Labute approximate surface area is 130 Å². The lowest BCUT2D eigenvalue weighted by Crippen LogP contribution is -2.16. The number of hydrogen-bond donors (Lipinski definition) is 3. The second-order valence-corrected chi connectivity index (χ2v) is 5.90. The average molecular weight is 314 g/mol. The summed E-state index contributed by atoms with van der Waals surface area (Å²) in [6, 6.07) is 0.274. The quantitative estimate of drug-likeness (QED) is 0.325. The van der Waals surface area contributed by atoms with Gasteiger partial charge in [0.25, 0.3) is 0 Å². The summed E-state index contributed by atoms with van der Waals surface area (Å²) in [4.78, 5) is 12.4. The first-order valence-corrected chi connectivity index (χ1v) is 8.67. The van der Waals surface area contributed by atoms with Crippen LogP contribution in [-0.4, -0.2) is 39.6 Å². The summed E-state index contributed by atoms with van der Waals surface area (Å²) < 4.78 is 5.47. The first-order chi connectivity index (χ1) is 10.2. The summed E-state index contributed by atoms with van der Waals surface area (Å²) >= 11 is 1.90. The SMILES string of the molecule is CSCCCCCCNc1nc(NN)nc(OC(C)C)n1. The molecule has 0 atom stereocenters. The van der Waals surface area contributed by atoms with Crippen molar-refractivity contribution < 1.29 is 4.74 Å². The Morgan fingerprint density at radius 1 is 1.10 bits per heavy atom. The first-order valence-electron chi connectivity index (χ1n) is 7.28. The van der Waals surface area contributed by atoms with Crippen LogP contribution in [0.3, 0.4) is 0 Å². The molecule has 120 valence electrons. The molecule has 0 spiro atoms. The van der Waals surface area contributed by atoms with Crippen LogP contribution < -0.4 is 21.3 Å². The normalized spacial score (nSPS) is 10.7. The van der Waals surface area contributed by atoms with Crippen molar-refractivity contribution in [3.8, 4) is 6.01 Å². The van der Waals surface area contributed by atoms with E-state index in [0.717, 1.165) is 13.0 Å². The zero-order chi connectivity index (χ0) is 15.5. The molecule has 0 saturated carbocycles. The number of hydrogen-bond acceptors (Lipinski definition) is 8. The Morgan fingerprint density at radius 3 is 2.48 bits per heavy atom. The van der Waals surface area contributed by atoms with Gasteiger partial charge in [-0.15, -0.1) is 0 Å². The van der Waals surface area contributed by atoms with Crippen molar-refractivity contribution in [2.45, 2.75) is 45.6 Å². The van der Waals surface area contributed by atoms with Crippen LogP contribution in [0.25, 0.3) is 0 Å². The number of anilines is 2. The molecule has 7 nitrogen and oxygen atoms in total. The van der Waals surface area contributed by atoms with Crippen LogP contribution in [0.1, 0.15) is 39.5 Å². The maximum Gasteiger partial charge on any atom is 0.323 e. The number of aromatic nitrogens is 3. The van der Waals surface area contributed by atoms with Gasteiger partial charge in [0.2, 0.25) is 11.9 Å². The number of unbranched alkanes of at least 4 members (excludes halogenated alkanes) is 3. The molecule has 4 N–H and O–H groups in total. The Morgan fingerprint density at radius 2 is 1.81 bits per heavy atom. The summed E-state index contributed by atoms with van der Waals surface area (Å²) in [5.74, 6) is 7.37. The zero-order valence-electron chi connectivity index (χ0n) is 13.1. The van der Waals surface area contributed by atoms with Crippen molar-refractivity contribution in [3.63, 3.8) is 0 Å². The summed E-state index contributed by atoms with van der Waals surface area (Å²) in [6.45, 7) is 4.66. The largest absolute Gasteiger partial charge is 0.461 e. The van der Waals surface area contributed by atoms with Gasteiger partial charge in [0, 0.05) is 6.54 Å². The van der Waals surface area contributed by atoms with Crippen LogP contribution in [-0.2, 0) is 0 Å². The first kappa shape index (κ1) is 17.8. The van der Waals surface area contributed by atoms with Crippen LogP contribution in [0.4, 0.5) is 11.9 Å². The monoisotopic (exact) mass is 314 g/mol. The van der Waals surface area contributed by atoms with Crippen LogP contribution in [0.15, 0.2) is 0 Å². The molecule has 1 aromatic heterocycles. The predicted octanol–water partition coefficient (Wildman–Crippen LogP) is 2.28. The fourth-order valence-electron chi connectivity index (χ4n) is 1.69. The van der Waals surface area contributed by atoms with E-state index in [1.54, 1.807) is 0 Å². The van der Waals surface area contributed by atoms with E-state index >= 15 is 0 Å². The van der Waals surface area contributed by atoms with Gasteiger partial charge >= 0.3 is 6.01 Å². The van der Waals surface area contributed by atoms with E-state index in [1.165, 1.54) is 25.0 Å². The third-order valence-corrected chi connectivity index (χ3v) is 3.34. The van der Waals surface area contributed by atoms with Gasteiger partial charge in [-0.05, 0) is 38.7 Å². The number of hydrazine groups is 1. The minimum atomic E-state index is 0.00214. The molecule has 1 heterocycles. The molecule has 0 unspecified atom stereocenters. The van der Waals surface area contributed by atoms with Crippen LogP contribution >= 0.6 is 11.8 Å². The van der Waals surface area contributed by atoms with E-state index in [4.69, 9.17) is 10.6 Å². The third kappa shape index (κ3) is 7.91. The molecule has 1 rings (SSSR count). The lowest BCUT2D eigenvalue weighted by molar-refractivity contribution is 0.222. The summed E-state index contributed by atoms with van der Waals surface area (Å²) in [7, 11) is 0. The van der Waals surface area contributed by atoms with E-state index in [1.807, 2.05) is 25.6 Å². The Kier molecular flexibility index (Phi) is 8.84. The van der Waals surface area contributed by atoms with E-state index in [9.17, 15) is 0 Å². The van der Waals surface area contributed by atoms with Gasteiger partial charge in [0.1, 0.15) is 0 Å². The van der Waals surface area contributed by atoms with Gasteiger partial charge in [-0.3, -0.25) is 5.43 Å². The number of nitrogens with one attached hydrogen (secondary N) is 2. The number of ether oxygens (including phenoxy) is 1. The molecular formula is C13H26N6OS. The van der Waals surface area contributed by atoms with Gasteiger partial charge in [0.15, 0.2) is 0 Å². The Bertz CT molecular complexity index is 404. The molecule has 0 aliphatic rings. The molecular weight excluding hydrogens is 288 g/mol. The molecule has 0 saturated heterocycles. The second kappa shape index (κ2) is 10.4. The average Bonchev–Trinajstić information content (AvgIpc) is 2.45. The number of nitrogens with zero attached hydrogens (tertiary/aromatic N) is 3. The van der Waals surface area contributed by atoms with Crippen LogP contribution in [0, 0.1) is 0 Å². The second-order valence-electron chi connectivity index (χ2n) is 4.91. The molecule has 21 heavy (non-hydrogen) atoms. The van der Waals surface area contributed by atoms with Crippen LogP contribution in [0.5, 0.6) is 6.01 Å². The molecule has 8 heteroatoms. The summed E-state index contributed by atoms with van der Waals surface area (Å²) in [5.41, 5.74) is 2.42. The molecule has 0 radical (unpaired) electrons. The molecule has 0 amide bonds. The van der Waals surface area contributed by atoms with Crippen molar-refractivity contribution in [2.24, 2.45) is 5.84 Å². The van der Waals surface area contributed by atoms with Gasteiger partial charge in [-0.1, -0.05) is 12.8 Å². The fourth-order valence-corrected chi connectivity index (χ4v) is 2.18. The minimum absolute atomic E-state index is 0.00214. The third-order valence-electron chi connectivity index (χ3n) is 2.64. The van der Waals surface area contributed by atoms with Crippen LogP contribution in [0.2, 0.25) is 0 Å². The van der Waals surface area contributed by atoms with Gasteiger partial charge in [-0.25, -0.2) is 5.84 Å². The molecule has 0 bridgehead atoms. The number of nitrogen functional groups attached to an aromatic ring is 1. The highest BCUT2D eigenvalue weighted by molar-refractivity contribution is 7.98. The lowest BCUT2D eigenvalue weighted by atomic mass is 10.2. The van der Waals surface area contributed by atoms with Crippen molar-refractivity contribution in [3.05, 3.63) is 0 Å². The summed E-state index contributed by atoms with van der Waals surface area (Å²) in [5, 5.41) is 3.18. The van der Waals surface area contributed by atoms with E-state index in [0.29, 0.717) is 11.9 Å². The highest BCUT2D eigenvalue weighted by Crippen LogP contribution is 2.12.